The second-order valence-electron chi connectivity index (χ2n) is 7.82. The predicted molar refractivity (Wildman–Crippen MR) is 141 cm³/mol. The summed E-state index contributed by atoms with van der Waals surface area (Å²) in [5, 5.41) is 5.11. The summed E-state index contributed by atoms with van der Waals surface area (Å²) in [6, 6.07) is 28.2. The Labute approximate surface area is 212 Å². The van der Waals surface area contributed by atoms with Crippen molar-refractivity contribution in [3.63, 3.8) is 0 Å². The highest BCUT2D eigenvalue weighted by molar-refractivity contribution is 8.00. The molecule has 2 N–H and O–H groups in total. The maximum Gasteiger partial charge on any atom is 0.255 e. The van der Waals surface area contributed by atoms with Crippen LogP contribution in [0.1, 0.15) is 26.7 Å². The van der Waals surface area contributed by atoms with Crippen molar-refractivity contribution in [3.8, 4) is 0 Å². The van der Waals surface area contributed by atoms with E-state index in [2.05, 4.69) is 10.6 Å². The number of aryl methyl sites for hydroxylation is 1. The summed E-state index contributed by atoms with van der Waals surface area (Å²) >= 11 is 7.23. The van der Waals surface area contributed by atoms with Gasteiger partial charge in [-0.1, -0.05) is 60.1 Å². The molecule has 0 heterocycles. The fourth-order valence-electron chi connectivity index (χ4n) is 3.46. The molecule has 0 aromatic heterocycles. The average molecular weight is 505 g/mol. The number of halogens is 2. The molecule has 0 aliphatic rings. The zero-order valence-electron chi connectivity index (χ0n) is 18.8. The van der Waals surface area contributed by atoms with Crippen molar-refractivity contribution in [2.24, 2.45) is 0 Å². The van der Waals surface area contributed by atoms with E-state index in [1.54, 1.807) is 18.2 Å². The Hall–Kier alpha value is -3.61. The number of carbonyl (C=O) groups is 2. The predicted octanol–water partition coefficient (Wildman–Crippen LogP) is 7.51. The number of hydrogen-bond acceptors (Lipinski definition) is 3. The SMILES string of the molecule is Cc1ccccc1C(=O)Nc1ccc(SC(C(=O)Nc2ccc(F)c(Cl)c2)c2ccccc2)cc1. The van der Waals surface area contributed by atoms with Crippen LogP contribution in [-0.2, 0) is 4.79 Å². The number of thioether (sulfide) groups is 1. The molecule has 0 spiro atoms. The lowest BCUT2D eigenvalue weighted by Gasteiger charge is -2.17. The van der Waals surface area contributed by atoms with Crippen molar-refractivity contribution in [1.29, 1.82) is 0 Å². The summed E-state index contributed by atoms with van der Waals surface area (Å²) in [5.41, 5.74) is 3.41. The maximum absolute atomic E-state index is 13.5. The molecule has 0 bridgehead atoms. The first-order valence-corrected chi connectivity index (χ1v) is 12.1. The van der Waals surface area contributed by atoms with Crippen LogP contribution in [0.3, 0.4) is 0 Å². The summed E-state index contributed by atoms with van der Waals surface area (Å²) < 4.78 is 13.5. The molecule has 4 nitrogen and oxygen atoms in total. The fraction of sp³-hybridized carbons (Fsp3) is 0.0714. The lowest BCUT2D eigenvalue weighted by atomic mass is 10.1. The summed E-state index contributed by atoms with van der Waals surface area (Å²) in [7, 11) is 0. The second kappa shape index (κ2) is 11.2. The molecule has 1 unspecified atom stereocenters. The third-order valence-electron chi connectivity index (χ3n) is 5.28. The van der Waals surface area contributed by atoms with Gasteiger partial charge < -0.3 is 10.6 Å². The lowest BCUT2D eigenvalue weighted by Crippen LogP contribution is -2.19. The molecule has 4 aromatic carbocycles. The van der Waals surface area contributed by atoms with Crippen LogP contribution in [0.5, 0.6) is 0 Å². The Morgan fingerprint density at radius 3 is 2.17 bits per heavy atom. The van der Waals surface area contributed by atoms with Crippen LogP contribution in [0.25, 0.3) is 0 Å². The Bertz CT molecular complexity index is 1350. The van der Waals surface area contributed by atoms with Gasteiger partial charge in [-0.05, 0) is 66.6 Å². The highest BCUT2D eigenvalue weighted by Gasteiger charge is 2.22. The molecule has 176 valence electrons. The first kappa shape index (κ1) is 24.5. The van der Waals surface area contributed by atoms with Crippen molar-refractivity contribution in [1.82, 2.24) is 0 Å². The van der Waals surface area contributed by atoms with Crippen molar-refractivity contribution in [3.05, 3.63) is 125 Å². The van der Waals surface area contributed by atoms with E-state index >= 15 is 0 Å². The standard InChI is InChI=1S/C28H22ClFN2O2S/c1-18-7-5-6-10-23(18)27(33)31-20-11-14-22(15-12-20)35-26(19-8-3-2-4-9-19)28(34)32-21-13-16-25(30)24(29)17-21/h2-17,26H,1H3,(H,31,33)(H,32,34). The normalized spacial score (nSPS) is 11.5. The first-order valence-electron chi connectivity index (χ1n) is 10.9. The number of nitrogens with one attached hydrogen (secondary N) is 2. The van der Waals surface area contributed by atoms with Gasteiger partial charge in [0, 0.05) is 21.8 Å². The van der Waals surface area contributed by atoms with Crippen molar-refractivity contribution >= 4 is 46.6 Å². The molecule has 0 fully saturated rings. The van der Waals surface area contributed by atoms with E-state index < -0.39 is 11.1 Å². The Morgan fingerprint density at radius 2 is 1.49 bits per heavy atom. The number of hydrogen-bond donors (Lipinski definition) is 2. The number of amides is 2. The van der Waals surface area contributed by atoms with E-state index in [4.69, 9.17) is 11.6 Å². The largest absolute Gasteiger partial charge is 0.325 e. The molecule has 0 aliphatic carbocycles. The number of benzene rings is 4. The van der Waals surface area contributed by atoms with Crippen LogP contribution in [0.2, 0.25) is 5.02 Å². The molecule has 0 saturated carbocycles. The van der Waals surface area contributed by atoms with Crippen LogP contribution in [-0.4, -0.2) is 11.8 Å². The summed E-state index contributed by atoms with van der Waals surface area (Å²) in [5.74, 6) is -0.989. The summed E-state index contributed by atoms with van der Waals surface area (Å²) in [6.07, 6.45) is 0. The molecule has 0 aliphatic heterocycles. The lowest BCUT2D eigenvalue weighted by molar-refractivity contribution is -0.115. The summed E-state index contributed by atoms with van der Waals surface area (Å²) in [6.45, 7) is 1.89. The van der Waals surface area contributed by atoms with Crippen molar-refractivity contribution < 1.29 is 14.0 Å². The number of carbonyl (C=O) groups excluding carboxylic acids is 2. The quantitative estimate of drug-likeness (QED) is 0.256. The van der Waals surface area contributed by atoms with Gasteiger partial charge in [-0.2, -0.15) is 0 Å². The maximum atomic E-state index is 13.5. The van der Waals surface area contributed by atoms with Gasteiger partial charge in [0.25, 0.3) is 5.91 Å². The molecule has 7 heteroatoms. The Balaban J connectivity index is 1.50. The highest BCUT2D eigenvalue weighted by Crippen LogP contribution is 2.37. The molecule has 2 amide bonds. The van der Waals surface area contributed by atoms with Crippen molar-refractivity contribution in [2.45, 2.75) is 17.1 Å². The third kappa shape index (κ3) is 6.29. The fourth-order valence-corrected chi connectivity index (χ4v) is 4.67. The number of anilines is 2. The number of rotatable bonds is 7. The zero-order chi connectivity index (χ0) is 24.8. The van der Waals surface area contributed by atoms with Crippen LogP contribution in [0, 0.1) is 12.7 Å². The van der Waals surface area contributed by atoms with Gasteiger partial charge in [-0.25, -0.2) is 4.39 Å². The van der Waals surface area contributed by atoms with Crippen LogP contribution >= 0.6 is 23.4 Å². The average Bonchev–Trinajstić information content (AvgIpc) is 2.86. The topological polar surface area (TPSA) is 58.2 Å². The third-order valence-corrected chi connectivity index (χ3v) is 6.84. The Morgan fingerprint density at radius 1 is 0.829 bits per heavy atom. The van der Waals surface area contributed by atoms with E-state index in [1.165, 1.54) is 30.0 Å². The minimum Gasteiger partial charge on any atom is -0.325 e. The second-order valence-corrected chi connectivity index (χ2v) is 9.41. The molecule has 35 heavy (non-hydrogen) atoms. The molecule has 0 saturated heterocycles. The highest BCUT2D eigenvalue weighted by atomic mass is 35.5. The van der Waals surface area contributed by atoms with Gasteiger partial charge in [0.05, 0.1) is 5.02 Å². The summed E-state index contributed by atoms with van der Waals surface area (Å²) in [4.78, 5) is 26.6. The van der Waals surface area contributed by atoms with E-state index in [0.717, 1.165) is 16.0 Å². The molecule has 1 atom stereocenters. The molecule has 4 rings (SSSR count). The molecule has 0 radical (unpaired) electrons. The minimum absolute atomic E-state index is 0.0601. The van der Waals surface area contributed by atoms with Gasteiger partial charge in [0.1, 0.15) is 11.1 Å². The first-order chi connectivity index (χ1) is 16.9. The van der Waals surface area contributed by atoms with E-state index in [0.29, 0.717) is 16.9 Å². The smallest absolute Gasteiger partial charge is 0.255 e. The van der Waals surface area contributed by atoms with Gasteiger partial charge in [0.15, 0.2) is 0 Å². The zero-order valence-corrected chi connectivity index (χ0v) is 20.4. The molecular weight excluding hydrogens is 483 g/mol. The van der Waals surface area contributed by atoms with Crippen LogP contribution in [0.4, 0.5) is 15.8 Å². The molecule has 4 aromatic rings. The van der Waals surface area contributed by atoms with Crippen LogP contribution in [0.15, 0.2) is 102 Å². The minimum atomic E-state index is -0.563. The van der Waals surface area contributed by atoms with Gasteiger partial charge in [0.2, 0.25) is 5.91 Å². The van der Waals surface area contributed by atoms with Gasteiger partial charge >= 0.3 is 0 Å². The van der Waals surface area contributed by atoms with E-state index in [9.17, 15) is 14.0 Å². The van der Waals surface area contributed by atoms with Crippen molar-refractivity contribution in [2.75, 3.05) is 10.6 Å². The monoisotopic (exact) mass is 504 g/mol. The van der Waals surface area contributed by atoms with Crippen LogP contribution < -0.4 is 10.6 Å². The Kier molecular flexibility index (Phi) is 7.85. The van der Waals surface area contributed by atoms with Gasteiger partial charge in [-0.15, -0.1) is 11.8 Å². The molecular formula is C28H22ClFN2O2S. The van der Waals surface area contributed by atoms with E-state index in [1.807, 2.05) is 67.6 Å². The van der Waals surface area contributed by atoms with E-state index in [-0.39, 0.29) is 16.8 Å². The van der Waals surface area contributed by atoms with Gasteiger partial charge in [-0.3, -0.25) is 9.59 Å².